The van der Waals surface area contributed by atoms with Crippen LogP contribution in [0.5, 0.6) is 0 Å². The number of rotatable bonds is 4. The van der Waals surface area contributed by atoms with E-state index < -0.39 is 0 Å². The van der Waals surface area contributed by atoms with Gasteiger partial charge >= 0.3 is 0 Å². The predicted molar refractivity (Wildman–Crippen MR) is 98.3 cm³/mol. The molecule has 2 atom stereocenters. The van der Waals surface area contributed by atoms with E-state index in [1.165, 1.54) is 12.0 Å². The summed E-state index contributed by atoms with van der Waals surface area (Å²) in [4.78, 5) is 30.3. The van der Waals surface area contributed by atoms with E-state index in [9.17, 15) is 9.59 Å². The van der Waals surface area contributed by atoms with Gasteiger partial charge in [-0.25, -0.2) is 0 Å². The van der Waals surface area contributed by atoms with Crippen LogP contribution in [0.4, 0.5) is 0 Å². The van der Waals surface area contributed by atoms with E-state index in [1.54, 1.807) is 25.9 Å². The van der Waals surface area contributed by atoms with Crippen molar-refractivity contribution < 1.29 is 9.59 Å². The van der Waals surface area contributed by atoms with Gasteiger partial charge in [-0.3, -0.25) is 14.5 Å². The summed E-state index contributed by atoms with van der Waals surface area (Å²) in [6, 6.07) is 8.75. The summed E-state index contributed by atoms with van der Waals surface area (Å²) >= 11 is 0. The lowest BCUT2D eigenvalue weighted by Gasteiger charge is -2.34. The molecule has 25 heavy (non-hydrogen) atoms. The van der Waals surface area contributed by atoms with Crippen molar-refractivity contribution in [2.75, 3.05) is 27.2 Å². The summed E-state index contributed by atoms with van der Waals surface area (Å²) in [6.45, 7) is 4.51. The third kappa shape index (κ3) is 3.87. The molecule has 0 radical (unpaired) electrons. The number of likely N-dealkylation sites (tertiary alicyclic amines) is 2. The topological polar surface area (TPSA) is 43.9 Å². The molecule has 5 heteroatoms. The molecule has 2 heterocycles. The first kappa shape index (κ1) is 17.9. The highest BCUT2D eigenvalue weighted by atomic mass is 16.2. The van der Waals surface area contributed by atoms with Gasteiger partial charge in [0, 0.05) is 51.8 Å². The van der Waals surface area contributed by atoms with Crippen LogP contribution in [0.25, 0.3) is 0 Å². The molecule has 2 aliphatic rings. The summed E-state index contributed by atoms with van der Waals surface area (Å²) in [7, 11) is 3.56. The van der Waals surface area contributed by atoms with Crippen molar-refractivity contribution in [1.82, 2.24) is 14.7 Å². The molecule has 2 fully saturated rings. The maximum absolute atomic E-state index is 12.2. The summed E-state index contributed by atoms with van der Waals surface area (Å²) in [5.41, 5.74) is 1.91. The average Bonchev–Trinajstić information content (AvgIpc) is 3.22. The summed E-state index contributed by atoms with van der Waals surface area (Å²) in [6.07, 6.45) is 4.56. The highest BCUT2D eigenvalue weighted by Crippen LogP contribution is 2.31. The van der Waals surface area contributed by atoms with E-state index in [2.05, 4.69) is 15.9 Å². The minimum atomic E-state index is 0.0402. The average molecular weight is 343 g/mol. The Labute approximate surface area is 150 Å². The molecule has 0 saturated carbocycles. The fourth-order valence-electron chi connectivity index (χ4n) is 4.36. The Morgan fingerprint density at radius 2 is 1.84 bits per heavy atom. The maximum atomic E-state index is 12.2. The highest BCUT2D eigenvalue weighted by Gasteiger charge is 2.38. The third-order valence-electron chi connectivity index (χ3n) is 5.53. The van der Waals surface area contributed by atoms with Gasteiger partial charge in [0.25, 0.3) is 5.91 Å². The van der Waals surface area contributed by atoms with Crippen molar-refractivity contribution in [3.8, 4) is 0 Å². The Kier molecular flexibility index (Phi) is 5.42. The largest absolute Gasteiger partial charge is 0.345 e. The van der Waals surface area contributed by atoms with E-state index >= 15 is 0 Å². The van der Waals surface area contributed by atoms with Crippen molar-refractivity contribution in [1.29, 1.82) is 0 Å². The molecule has 0 aliphatic carbocycles. The second-order valence-corrected chi connectivity index (χ2v) is 7.50. The van der Waals surface area contributed by atoms with Crippen molar-refractivity contribution in [2.45, 2.75) is 51.2 Å². The predicted octanol–water partition coefficient (Wildman–Crippen LogP) is 2.36. The van der Waals surface area contributed by atoms with Crippen LogP contribution in [0.1, 0.15) is 48.5 Å². The van der Waals surface area contributed by atoms with Crippen LogP contribution in [-0.2, 0) is 11.3 Å². The Hall–Kier alpha value is -1.88. The lowest BCUT2D eigenvalue weighted by Crippen LogP contribution is -2.47. The third-order valence-corrected chi connectivity index (χ3v) is 5.53. The SMILES string of the molecule is CC(=O)N1CCC[C@@H]1[C@@H]1CCCN1Cc1cccc(C(=O)N(C)C)c1. The fourth-order valence-corrected chi connectivity index (χ4v) is 4.36. The molecule has 1 aromatic carbocycles. The van der Waals surface area contributed by atoms with E-state index in [1.807, 2.05) is 18.2 Å². The van der Waals surface area contributed by atoms with Gasteiger partial charge in [-0.2, -0.15) is 0 Å². The van der Waals surface area contributed by atoms with Gasteiger partial charge in [-0.05, 0) is 49.9 Å². The van der Waals surface area contributed by atoms with Crippen LogP contribution >= 0.6 is 0 Å². The van der Waals surface area contributed by atoms with Gasteiger partial charge < -0.3 is 9.80 Å². The van der Waals surface area contributed by atoms with Crippen LogP contribution in [-0.4, -0.2) is 65.8 Å². The molecule has 0 unspecified atom stereocenters. The van der Waals surface area contributed by atoms with Crippen LogP contribution in [0.15, 0.2) is 24.3 Å². The fraction of sp³-hybridized carbons (Fsp3) is 0.600. The van der Waals surface area contributed by atoms with Gasteiger partial charge in [0.15, 0.2) is 0 Å². The van der Waals surface area contributed by atoms with E-state index in [0.717, 1.165) is 44.5 Å². The quantitative estimate of drug-likeness (QED) is 0.843. The van der Waals surface area contributed by atoms with Crippen LogP contribution in [0.3, 0.4) is 0 Å². The lowest BCUT2D eigenvalue weighted by molar-refractivity contribution is -0.130. The molecule has 0 spiro atoms. The van der Waals surface area contributed by atoms with Crippen molar-refractivity contribution in [3.05, 3.63) is 35.4 Å². The number of carbonyl (C=O) groups is 2. The van der Waals surface area contributed by atoms with Gasteiger partial charge in [-0.1, -0.05) is 12.1 Å². The maximum Gasteiger partial charge on any atom is 0.253 e. The van der Waals surface area contributed by atoms with Gasteiger partial charge in [-0.15, -0.1) is 0 Å². The van der Waals surface area contributed by atoms with Crippen LogP contribution in [0.2, 0.25) is 0 Å². The second-order valence-electron chi connectivity index (χ2n) is 7.50. The molecular weight excluding hydrogens is 314 g/mol. The second kappa shape index (κ2) is 7.56. The zero-order valence-corrected chi connectivity index (χ0v) is 15.6. The van der Waals surface area contributed by atoms with Crippen LogP contribution < -0.4 is 0 Å². The van der Waals surface area contributed by atoms with Crippen molar-refractivity contribution in [3.63, 3.8) is 0 Å². The summed E-state index contributed by atoms with van der Waals surface area (Å²) in [5, 5.41) is 0. The normalized spacial score (nSPS) is 23.9. The van der Waals surface area contributed by atoms with E-state index in [0.29, 0.717) is 12.1 Å². The zero-order chi connectivity index (χ0) is 18.0. The molecule has 0 aromatic heterocycles. The summed E-state index contributed by atoms with van der Waals surface area (Å²) in [5.74, 6) is 0.242. The zero-order valence-electron chi connectivity index (χ0n) is 15.6. The number of carbonyl (C=O) groups excluding carboxylic acids is 2. The first-order valence-electron chi connectivity index (χ1n) is 9.29. The number of nitrogens with zero attached hydrogens (tertiary/aromatic N) is 3. The van der Waals surface area contributed by atoms with E-state index in [-0.39, 0.29) is 11.8 Å². The summed E-state index contributed by atoms with van der Waals surface area (Å²) < 4.78 is 0. The van der Waals surface area contributed by atoms with Crippen molar-refractivity contribution >= 4 is 11.8 Å². The molecule has 2 amide bonds. The molecule has 1 aromatic rings. The Morgan fingerprint density at radius 3 is 2.56 bits per heavy atom. The molecule has 0 N–H and O–H groups in total. The minimum Gasteiger partial charge on any atom is -0.345 e. The molecular formula is C20H29N3O2. The van der Waals surface area contributed by atoms with Crippen molar-refractivity contribution in [2.24, 2.45) is 0 Å². The Bertz CT molecular complexity index is 644. The highest BCUT2D eigenvalue weighted by molar-refractivity contribution is 5.94. The number of benzene rings is 1. The first-order valence-corrected chi connectivity index (χ1v) is 9.29. The van der Waals surface area contributed by atoms with E-state index in [4.69, 9.17) is 0 Å². The monoisotopic (exact) mass is 343 g/mol. The number of hydrogen-bond donors (Lipinski definition) is 0. The molecule has 2 saturated heterocycles. The molecule has 0 bridgehead atoms. The molecule has 5 nitrogen and oxygen atoms in total. The number of amides is 2. The smallest absolute Gasteiger partial charge is 0.253 e. The van der Waals surface area contributed by atoms with Gasteiger partial charge in [0.05, 0.1) is 0 Å². The Balaban J connectivity index is 1.73. The lowest BCUT2D eigenvalue weighted by atomic mass is 10.0. The van der Waals surface area contributed by atoms with Gasteiger partial charge in [0.2, 0.25) is 5.91 Å². The van der Waals surface area contributed by atoms with Crippen LogP contribution in [0, 0.1) is 0 Å². The molecule has 2 aliphatic heterocycles. The Morgan fingerprint density at radius 1 is 1.12 bits per heavy atom. The minimum absolute atomic E-state index is 0.0402. The van der Waals surface area contributed by atoms with Gasteiger partial charge in [0.1, 0.15) is 0 Å². The number of hydrogen-bond acceptors (Lipinski definition) is 3. The first-order chi connectivity index (χ1) is 12.0. The molecule has 136 valence electrons. The standard InChI is InChI=1S/C20H29N3O2/c1-15(24)23-12-6-10-19(23)18-9-5-11-22(18)14-16-7-4-8-17(13-16)20(25)21(2)3/h4,7-8,13,18-19H,5-6,9-12,14H2,1-3H3/t18-,19+/m0/s1. The molecule has 3 rings (SSSR count).